The van der Waals surface area contributed by atoms with E-state index in [1.807, 2.05) is 32.2 Å². The monoisotopic (exact) mass is 376 g/mol. The summed E-state index contributed by atoms with van der Waals surface area (Å²) in [4.78, 5) is 29.1. The first kappa shape index (κ1) is 18.3. The first-order valence-electron chi connectivity index (χ1n) is 8.39. The van der Waals surface area contributed by atoms with E-state index in [9.17, 15) is 14.0 Å². The third-order valence-corrected chi connectivity index (χ3v) is 5.27. The van der Waals surface area contributed by atoms with Crippen LogP contribution in [0.1, 0.15) is 41.8 Å². The van der Waals surface area contributed by atoms with E-state index >= 15 is 0 Å². The Balaban J connectivity index is 2.09. The van der Waals surface area contributed by atoms with Crippen molar-refractivity contribution >= 4 is 29.0 Å². The van der Waals surface area contributed by atoms with Crippen molar-refractivity contribution in [2.24, 2.45) is 11.7 Å². The third kappa shape index (κ3) is 3.41. The van der Waals surface area contributed by atoms with Crippen molar-refractivity contribution in [3.8, 4) is 10.6 Å². The second-order valence-electron chi connectivity index (χ2n) is 6.88. The zero-order chi connectivity index (χ0) is 19.0. The number of nitrogens with zero attached hydrogens (tertiary/aromatic N) is 1. The Labute approximate surface area is 155 Å². The Morgan fingerprint density at radius 3 is 2.81 bits per heavy atom. The number of hydrogen-bond donors (Lipinski definition) is 3. The van der Waals surface area contributed by atoms with Gasteiger partial charge in [0.15, 0.2) is 11.6 Å². The van der Waals surface area contributed by atoms with Crippen molar-refractivity contribution in [2.75, 3.05) is 5.32 Å². The molecule has 0 radical (unpaired) electrons. The number of carbonyl (C=O) groups excluding carboxylic acids is 2. The van der Waals surface area contributed by atoms with E-state index in [2.05, 4.69) is 15.6 Å². The van der Waals surface area contributed by atoms with Crippen LogP contribution in [0.3, 0.4) is 0 Å². The van der Waals surface area contributed by atoms with E-state index in [1.165, 1.54) is 11.3 Å². The van der Waals surface area contributed by atoms with Crippen LogP contribution < -0.4 is 16.4 Å². The number of pyridine rings is 1. The molecule has 2 aromatic rings. The van der Waals surface area contributed by atoms with Crippen molar-refractivity contribution in [1.29, 1.82) is 0 Å². The fourth-order valence-corrected chi connectivity index (χ4v) is 3.89. The molecule has 8 heteroatoms. The molecule has 138 valence electrons. The molecular weight excluding hydrogens is 355 g/mol. The number of aryl methyl sites for hydroxylation is 1. The van der Waals surface area contributed by atoms with Gasteiger partial charge in [0, 0.05) is 12.1 Å². The molecule has 6 nitrogen and oxygen atoms in total. The van der Waals surface area contributed by atoms with E-state index in [1.54, 1.807) is 0 Å². The molecule has 1 unspecified atom stereocenters. The second-order valence-corrected chi connectivity index (χ2v) is 7.79. The van der Waals surface area contributed by atoms with Gasteiger partial charge in [-0.1, -0.05) is 13.8 Å². The first-order chi connectivity index (χ1) is 12.3. The van der Waals surface area contributed by atoms with Gasteiger partial charge in [-0.3, -0.25) is 9.59 Å². The van der Waals surface area contributed by atoms with Crippen LogP contribution in [-0.2, 0) is 11.3 Å². The average Bonchev–Trinajstić information content (AvgIpc) is 3.15. The van der Waals surface area contributed by atoms with Crippen LogP contribution >= 0.6 is 11.3 Å². The van der Waals surface area contributed by atoms with E-state index in [0.29, 0.717) is 12.1 Å². The smallest absolute Gasteiger partial charge is 0.254 e. The van der Waals surface area contributed by atoms with Crippen molar-refractivity contribution in [3.63, 3.8) is 0 Å². The number of aromatic nitrogens is 1. The molecule has 1 atom stereocenters. The van der Waals surface area contributed by atoms with Crippen LogP contribution in [-0.4, -0.2) is 22.8 Å². The summed E-state index contributed by atoms with van der Waals surface area (Å²) >= 11 is 1.44. The number of hydrogen-bond acceptors (Lipinski definition) is 5. The van der Waals surface area contributed by atoms with Crippen LogP contribution in [0.25, 0.3) is 10.6 Å². The Kier molecular flexibility index (Phi) is 4.95. The minimum atomic E-state index is -0.738. The summed E-state index contributed by atoms with van der Waals surface area (Å²) in [6.07, 6.45) is 0.457. The van der Waals surface area contributed by atoms with Crippen molar-refractivity contribution in [1.82, 2.24) is 10.3 Å². The Morgan fingerprint density at radius 2 is 2.23 bits per heavy atom. The van der Waals surface area contributed by atoms with Gasteiger partial charge < -0.3 is 16.4 Å². The Morgan fingerprint density at radius 1 is 1.50 bits per heavy atom. The maximum absolute atomic E-state index is 14.9. The number of thiophene rings is 1. The lowest BCUT2D eigenvalue weighted by molar-refractivity contribution is -0.119. The van der Waals surface area contributed by atoms with Gasteiger partial charge in [0.05, 0.1) is 16.1 Å². The molecule has 0 saturated carbocycles. The zero-order valence-electron chi connectivity index (χ0n) is 14.9. The summed E-state index contributed by atoms with van der Waals surface area (Å²) in [5.74, 6) is -1.38. The number of primary amides is 1. The first-order valence-corrected chi connectivity index (χ1v) is 9.27. The largest absolute Gasteiger partial charge is 0.368 e. The van der Waals surface area contributed by atoms with Crippen molar-refractivity contribution in [3.05, 3.63) is 34.0 Å². The van der Waals surface area contributed by atoms with Gasteiger partial charge in [-0.15, -0.1) is 11.3 Å². The van der Waals surface area contributed by atoms with E-state index in [4.69, 9.17) is 5.73 Å². The van der Waals surface area contributed by atoms with Crippen LogP contribution in [0.15, 0.2) is 11.4 Å². The minimum Gasteiger partial charge on any atom is -0.368 e. The molecule has 0 saturated heterocycles. The molecule has 0 aliphatic carbocycles. The predicted molar refractivity (Wildman–Crippen MR) is 99.5 cm³/mol. The lowest BCUT2D eigenvalue weighted by atomic mass is 10.0. The molecule has 1 aliphatic heterocycles. The fraction of sp³-hybridized carbons (Fsp3) is 0.389. The summed E-state index contributed by atoms with van der Waals surface area (Å²) < 4.78 is 14.9. The highest BCUT2D eigenvalue weighted by Crippen LogP contribution is 2.35. The molecule has 1 aliphatic rings. The van der Waals surface area contributed by atoms with Crippen molar-refractivity contribution in [2.45, 2.75) is 39.8 Å². The van der Waals surface area contributed by atoms with Gasteiger partial charge in [0.25, 0.3) is 5.91 Å². The normalized spacial score (nSPS) is 14.3. The maximum atomic E-state index is 14.9. The molecule has 2 aromatic heterocycles. The summed E-state index contributed by atoms with van der Waals surface area (Å²) in [5, 5.41) is 7.43. The van der Waals surface area contributed by atoms with Gasteiger partial charge in [-0.2, -0.15) is 0 Å². The predicted octanol–water partition coefficient (Wildman–Crippen LogP) is 2.81. The lowest BCUT2D eigenvalue weighted by Crippen LogP contribution is -2.37. The number of amides is 2. The number of nitrogens with two attached hydrogens (primary N) is 1. The molecule has 26 heavy (non-hydrogen) atoms. The van der Waals surface area contributed by atoms with Gasteiger partial charge in [-0.25, -0.2) is 9.37 Å². The summed E-state index contributed by atoms with van der Waals surface area (Å²) in [7, 11) is 0. The number of halogens is 1. The zero-order valence-corrected chi connectivity index (χ0v) is 15.7. The Bertz CT molecular complexity index is 878. The summed E-state index contributed by atoms with van der Waals surface area (Å²) in [6.45, 7) is 5.94. The van der Waals surface area contributed by atoms with Gasteiger partial charge in [-0.05, 0) is 36.3 Å². The van der Waals surface area contributed by atoms with Gasteiger partial charge in [0.1, 0.15) is 6.04 Å². The van der Waals surface area contributed by atoms with E-state index < -0.39 is 17.8 Å². The molecule has 0 aromatic carbocycles. The van der Waals surface area contributed by atoms with Gasteiger partial charge in [0.2, 0.25) is 5.91 Å². The highest BCUT2D eigenvalue weighted by molar-refractivity contribution is 7.13. The lowest BCUT2D eigenvalue weighted by Gasteiger charge is -2.19. The van der Waals surface area contributed by atoms with Crippen LogP contribution in [0.4, 0.5) is 10.2 Å². The number of nitrogens with one attached hydrogen (secondary N) is 2. The van der Waals surface area contributed by atoms with Crippen LogP contribution in [0.2, 0.25) is 0 Å². The molecule has 3 rings (SSSR count). The summed E-state index contributed by atoms with van der Waals surface area (Å²) in [6, 6.07) is 1.17. The van der Waals surface area contributed by atoms with E-state index in [-0.39, 0.29) is 35.3 Å². The summed E-state index contributed by atoms with van der Waals surface area (Å²) in [5.41, 5.74) is 7.43. The number of fused-ring (bicyclic) bond motifs is 1. The van der Waals surface area contributed by atoms with E-state index in [0.717, 1.165) is 10.4 Å². The number of rotatable bonds is 6. The topological polar surface area (TPSA) is 97.1 Å². The van der Waals surface area contributed by atoms with Crippen LogP contribution in [0.5, 0.6) is 0 Å². The van der Waals surface area contributed by atoms with Gasteiger partial charge >= 0.3 is 0 Å². The average molecular weight is 376 g/mol. The second kappa shape index (κ2) is 7.03. The molecule has 0 fully saturated rings. The molecule has 4 N–H and O–H groups in total. The Hall–Kier alpha value is -2.48. The van der Waals surface area contributed by atoms with Crippen molar-refractivity contribution < 1.29 is 14.0 Å². The van der Waals surface area contributed by atoms with Crippen LogP contribution in [0, 0.1) is 18.7 Å². The molecule has 0 bridgehead atoms. The highest BCUT2D eigenvalue weighted by atomic mass is 32.1. The number of carbonyl (C=O) groups is 2. The maximum Gasteiger partial charge on any atom is 0.254 e. The minimum absolute atomic E-state index is 0.0502. The quantitative estimate of drug-likeness (QED) is 0.722. The standard InChI is InChI=1S/C18H21FN4O2S/c1-8(2)4-11(16(20)24)22-17-14(19)10-6-21-18(25)13(10)15(23-17)12-5-9(3)7-26-12/h5,7-8,11H,4,6H2,1-3H3,(H2,20,24)(H,21,25)(H,22,23). The molecule has 0 spiro atoms. The SMILES string of the molecule is Cc1csc(-c2nc(NC(CC(C)C)C(N)=O)c(F)c3c2C(=O)NC3)c1. The third-order valence-electron chi connectivity index (χ3n) is 4.21. The fourth-order valence-electron chi connectivity index (χ4n) is 2.99. The molecular formula is C18H21FN4O2S. The molecule has 3 heterocycles. The molecule has 2 amide bonds. The highest BCUT2D eigenvalue weighted by Gasteiger charge is 2.31. The number of anilines is 1.